The summed E-state index contributed by atoms with van der Waals surface area (Å²) < 4.78 is 0. The molecule has 0 aromatic heterocycles. The highest BCUT2D eigenvalue weighted by atomic mass is 16.2. The van der Waals surface area contributed by atoms with Crippen molar-refractivity contribution >= 4 is 23.5 Å². The molecule has 1 fully saturated rings. The molecule has 2 aromatic carbocycles. The zero-order chi connectivity index (χ0) is 21.9. The number of amides is 4. The van der Waals surface area contributed by atoms with Crippen molar-refractivity contribution in [3.05, 3.63) is 64.7 Å². The SMILES string of the molecule is CCc1cccc(CC)c1NC(=O)CN1C(=O)NC(C)(c2cccc(C#N)c2)C1=O. The third-order valence-electron chi connectivity index (χ3n) is 5.41. The van der Waals surface area contributed by atoms with Gasteiger partial charge in [0.1, 0.15) is 12.1 Å². The number of hydrogen-bond acceptors (Lipinski definition) is 4. The Morgan fingerprint density at radius 2 is 1.77 bits per heavy atom. The first-order valence-corrected chi connectivity index (χ1v) is 9.89. The normalized spacial score (nSPS) is 18.1. The predicted molar refractivity (Wildman–Crippen MR) is 113 cm³/mol. The smallest absolute Gasteiger partial charge is 0.324 e. The highest BCUT2D eigenvalue weighted by Crippen LogP contribution is 2.29. The lowest BCUT2D eigenvalue weighted by molar-refractivity contribution is -0.133. The van der Waals surface area contributed by atoms with Gasteiger partial charge in [-0.25, -0.2) is 4.79 Å². The molecule has 0 radical (unpaired) electrons. The molecule has 3 rings (SSSR count). The maximum Gasteiger partial charge on any atom is 0.325 e. The van der Waals surface area contributed by atoms with Gasteiger partial charge in [-0.15, -0.1) is 0 Å². The predicted octanol–water partition coefficient (Wildman–Crippen LogP) is 3.09. The van der Waals surface area contributed by atoms with E-state index in [1.807, 2.05) is 38.1 Å². The van der Waals surface area contributed by atoms with E-state index >= 15 is 0 Å². The second kappa shape index (κ2) is 8.37. The van der Waals surface area contributed by atoms with Crippen LogP contribution < -0.4 is 10.6 Å². The Labute approximate surface area is 175 Å². The van der Waals surface area contributed by atoms with E-state index in [4.69, 9.17) is 5.26 Å². The minimum absolute atomic E-state index is 0.384. The van der Waals surface area contributed by atoms with Gasteiger partial charge >= 0.3 is 6.03 Å². The molecule has 154 valence electrons. The second-order valence-electron chi connectivity index (χ2n) is 7.35. The molecule has 0 aliphatic carbocycles. The first kappa shape index (κ1) is 21.1. The van der Waals surface area contributed by atoms with Gasteiger partial charge in [-0.05, 0) is 48.6 Å². The van der Waals surface area contributed by atoms with Crippen LogP contribution in [0.5, 0.6) is 0 Å². The third-order valence-corrected chi connectivity index (χ3v) is 5.41. The van der Waals surface area contributed by atoms with E-state index in [0.717, 1.165) is 34.6 Å². The fourth-order valence-corrected chi connectivity index (χ4v) is 3.66. The summed E-state index contributed by atoms with van der Waals surface area (Å²) in [5.74, 6) is -0.971. The van der Waals surface area contributed by atoms with Crippen molar-refractivity contribution in [3.63, 3.8) is 0 Å². The van der Waals surface area contributed by atoms with Gasteiger partial charge in [0.15, 0.2) is 0 Å². The van der Waals surface area contributed by atoms with Gasteiger partial charge in [0.25, 0.3) is 5.91 Å². The van der Waals surface area contributed by atoms with Crippen LogP contribution in [-0.2, 0) is 28.0 Å². The summed E-state index contributed by atoms with van der Waals surface area (Å²) in [6, 6.07) is 13.7. The van der Waals surface area contributed by atoms with E-state index in [1.54, 1.807) is 31.2 Å². The molecule has 0 saturated carbocycles. The molecule has 7 heteroatoms. The average Bonchev–Trinajstić information content (AvgIpc) is 2.97. The first-order chi connectivity index (χ1) is 14.3. The summed E-state index contributed by atoms with van der Waals surface area (Å²) in [4.78, 5) is 39.2. The Kier molecular flexibility index (Phi) is 5.88. The van der Waals surface area contributed by atoms with Crippen LogP contribution in [-0.4, -0.2) is 29.3 Å². The molecule has 1 atom stereocenters. The topological polar surface area (TPSA) is 102 Å². The molecule has 1 heterocycles. The van der Waals surface area contributed by atoms with Crippen LogP contribution in [0.1, 0.15) is 43.0 Å². The van der Waals surface area contributed by atoms with Crippen LogP contribution in [0.4, 0.5) is 10.5 Å². The van der Waals surface area contributed by atoms with Crippen LogP contribution in [0.2, 0.25) is 0 Å². The molecule has 30 heavy (non-hydrogen) atoms. The van der Waals surface area contributed by atoms with Crippen molar-refractivity contribution in [3.8, 4) is 6.07 Å². The Hall–Kier alpha value is -3.66. The Morgan fingerprint density at radius 1 is 1.13 bits per heavy atom. The first-order valence-electron chi connectivity index (χ1n) is 9.89. The molecular weight excluding hydrogens is 380 g/mol. The number of hydrogen-bond donors (Lipinski definition) is 2. The fraction of sp³-hybridized carbons (Fsp3) is 0.304. The summed E-state index contributed by atoms with van der Waals surface area (Å²) in [5, 5.41) is 14.7. The fourth-order valence-electron chi connectivity index (χ4n) is 3.66. The maximum absolute atomic E-state index is 13.1. The van der Waals surface area contributed by atoms with Gasteiger partial charge in [-0.1, -0.05) is 44.2 Å². The molecule has 4 amide bonds. The number of imide groups is 1. The van der Waals surface area contributed by atoms with Gasteiger partial charge < -0.3 is 10.6 Å². The summed E-state index contributed by atoms with van der Waals surface area (Å²) >= 11 is 0. The Balaban J connectivity index is 1.81. The van der Waals surface area contributed by atoms with Gasteiger partial charge in [-0.3, -0.25) is 14.5 Å². The largest absolute Gasteiger partial charge is 0.325 e. The zero-order valence-corrected chi connectivity index (χ0v) is 17.3. The van der Waals surface area contributed by atoms with E-state index < -0.39 is 23.4 Å². The number of para-hydroxylation sites is 1. The minimum Gasteiger partial charge on any atom is -0.324 e. The molecule has 2 aromatic rings. The quantitative estimate of drug-likeness (QED) is 0.722. The van der Waals surface area contributed by atoms with Crippen LogP contribution in [0, 0.1) is 11.3 Å². The highest BCUT2D eigenvalue weighted by Gasteiger charge is 2.49. The molecule has 1 unspecified atom stereocenters. The maximum atomic E-state index is 13.1. The number of urea groups is 1. The van der Waals surface area contributed by atoms with E-state index in [0.29, 0.717) is 11.1 Å². The number of nitrogens with zero attached hydrogens (tertiary/aromatic N) is 2. The standard InChI is InChI=1S/C23H24N4O3/c1-4-16-9-7-10-17(5-2)20(16)25-19(28)14-27-21(29)23(3,26-22(27)30)18-11-6-8-15(12-18)13-24/h6-12H,4-5,14H2,1-3H3,(H,25,28)(H,26,30). The number of anilines is 1. The summed E-state index contributed by atoms with van der Waals surface area (Å²) in [5.41, 5.74) is 2.28. The number of carbonyl (C=O) groups is 3. The lowest BCUT2D eigenvalue weighted by Gasteiger charge is -2.22. The number of aryl methyl sites for hydroxylation is 2. The van der Waals surface area contributed by atoms with Crippen molar-refractivity contribution in [2.45, 2.75) is 39.2 Å². The third kappa shape index (κ3) is 3.77. The number of benzene rings is 2. The van der Waals surface area contributed by atoms with Crippen LogP contribution >= 0.6 is 0 Å². The highest BCUT2D eigenvalue weighted by molar-refractivity contribution is 6.10. The molecule has 1 aliphatic heterocycles. The number of rotatable bonds is 6. The van der Waals surface area contributed by atoms with Gasteiger partial charge in [0.05, 0.1) is 11.6 Å². The molecular formula is C23H24N4O3. The van der Waals surface area contributed by atoms with Crippen molar-refractivity contribution in [2.75, 3.05) is 11.9 Å². The van der Waals surface area contributed by atoms with Crippen molar-refractivity contribution in [1.82, 2.24) is 10.2 Å². The number of carbonyl (C=O) groups excluding carboxylic acids is 3. The Morgan fingerprint density at radius 3 is 2.37 bits per heavy atom. The molecule has 0 bridgehead atoms. The average molecular weight is 404 g/mol. The number of nitrogens with one attached hydrogen (secondary N) is 2. The van der Waals surface area contributed by atoms with Crippen LogP contribution in [0.15, 0.2) is 42.5 Å². The summed E-state index contributed by atoms with van der Waals surface area (Å²) in [6.45, 7) is 5.19. The van der Waals surface area contributed by atoms with Gasteiger partial charge in [0.2, 0.25) is 5.91 Å². The molecule has 2 N–H and O–H groups in total. The summed E-state index contributed by atoms with van der Waals surface area (Å²) in [7, 11) is 0. The minimum atomic E-state index is -1.33. The van der Waals surface area contributed by atoms with Crippen LogP contribution in [0.25, 0.3) is 0 Å². The van der Waals surface area contributed by atoms with Gasteiger partial charge in [0, 0.05) is 5.69 Å². The van der Waals surface area contributed by atoms with Crippen LogP contribution in [0.3, 0.4) is 0 Å². The molecule has 7 nitrogen and oxygen atoms in total. The van der Waals surface area contributed by atoms with Gasteiger partial charge in [-0.2, -0.15) is 5.26 Å². The number of nitriles is 1. The monoisotopic (exact) mass is 404 g/mol. The van der Waals surface area contributed by atoms with E-state index in [2.05, 4.69) is 10.6 Å². The molecule has 1 saturated heterocycles. The van der Waals surface area contributed by atoms with Crippen molar-refractivity contribution in [1.29, 1.82) is 5.26 Å². The molecule has 1 aliphatic rings. The van der Waals surface area contributed by atoms with E-state index in [-0.39, 0.29) is 6.54 Å². The van der Waals surface area contributed by atoms with E-state index in [9.17, 15) is 14.4 Å². The van der Waals surface area contributed by atoms with Crippen molar-refractivity contribution < 1.29 is 14.4 Å². The molecule has 0 spiro atoms. The summed E-state index contributed by atoms with van der Waals surface area (Å²) in [6.07, 6.45) is 1.50. The zero-order valence-electron chi connectivity index (χ0n) is 17.3. The van der Waals surface area contributed by atoms with E-state index in [1.165, 1.54) is 0 Å². The lowest BCUT2D eigenvalue weighted by atomic mass is 9.91. The van der Waals surface area contributed by atoms with Crippen molar-refractivity contribution in [2.24, 2.45) is 0 Å². The Bertz CT molecular complexity index is 1030. The lowest BCUT2D eigenvalue weighted by Crippen LogP contribution is -2.42. The second-order valence-corrected chi connectivity index (χ2v) is 7.35.